The van der Waals surface area contributed by atoms with Crippen LogP contribution in [0, 0.1) is 19.7 Å². The topological polar surface area (TPSA) is 12.0 Å². The Balaban J connectivity index is 2.23. The van der Waals surface area contributed by atoms with Gasteiger partial charge in [0.2, 0.25) is 0 Å². The molecular formula is C17H18FN. The van der Waals surface area contributed by atoms with Gasteiger partial charge in [-0.15, -0.1) is 0 Å². The number of rotatable bonds is 1. The molecule has 0 unspecified atom stereocenters. The Morgan fingerprint density at radius 3 is 2.79 bits per heavy atom. The van der Waals surface area contributed by atoms with Crippen LogP contribution in [-0.4, -0.2) is 6.54 Å². The van der Waals surface area contributed by atoms with Crippen LogP contribution in [0.3, 0.4) is 0 Å². The van der Waals surface area contributed by atoms with Crippen LogP contribution in [0.1, 0.15) is 23.1 Å². The zero-order valence-electron chi connectivity index (χ0n) is 11.4. The number of hydrogen-bond acceptors (Lipinski definition) is 1. The number of hydrogen-bond donors (Lipinski definition) is 1. The SMILES string of the molecule is Cc1cc(C)c(-c2cccc3c2NCCC3)c(F)c1. The van der Waals surface area contributed by atoms with Crippen molar-refractivity contribution in [2.45, 2.75) is 26.7 Å². The molecule has 1 aliphatic rings. The van der Waals surface area contributed by atoms with Crippen molar-refractivity contribution in [3.8, 4) is 11.1 Å². The van der Waals surface area contributed by atoms with Crippen molar-refractivity contribution in [2.75, 3.05) is 11.9 Å². The lowest BCUT2D eigenvalue weighted by molar-refractivity contribution is 0.629. The maximum atomic E-state index is 14.3. The Morgan fingerprint density at radius 2 is 2.00 bits per heavy atom. The molecule has 1 aliphatic heterocycles. The van der Waals surface area contributed by atoms with Crippen molar-refractivity contribution < 1.29 is 4.39 Å². The van der Waals surface area contributed by atoms with Crippen molar-refractivity contribution in [1.82, 2.24) is 0 Å². The molecule has 0 aliphatic carbocycles. The van der Waals surface area contributed by atoms with Gasteiger partial charge >= 0.3 is 0 Å². The van der Waals surface area contributed by atoms with Gasteiger partial charge in [-0.3, -0.25) is 0 Å². The van der Waals surface area contributed by atoms with Gasteiger partial charge in [0, 0.05) is 23.4 Å². The van der Waals surface area contributed by atoms with Gasteiger partial charge in [-0.05, 0) is 49.4 Å². The van der Waals surface area contributed by atoms with E-state index in [4.69, 9.17) is 0 Å². The summed E-state index contributed by atoms with van der Waals surface area (Å²) in [4.78, 5) is 0. The Kier molecular flexibility index (Phi) is 3.02. The minimum absolute atomic E-state index is 0.127. The second-order valence-electron chi connectivity index (χ2n) is 5.31. The van der Waals surface area contributed by atoms with Gasteiger partial charge in [-0.1, -0.05) is 24.3 Å². The number of para-hydroxylation sites is 1. The Morgan fingerprint density at radius 1 is 1.16 bits per heavy atom. The minimum Gasteiger partial charge on any atom is -0.384 e. The van der Waals surface area contributed by atoms with Crippen molar-refractivity contribution in [2.24, 2.45) is 0 Å². The first-order valence-electron chi connectivity index (χ1n) is 6.79. The molecule has 2 aromatic rings. The molecule has 2 heteroatoms. The molecule has 0 aromatic heterocycles. The highest BCUT2D eigenvalue weighted by molar-refractivity contribution is 5.83. The quantitative estimate of drug-likeness (QED) is 0.793. The fraction of sp³-hybridized carbons (Fsp3) is 0.294. The van der Waals surface area contributed by atoms with Crippen LogP contribution in [0.4, 0.5) is 10.1 Å². The summed E-state index contributed by atoms with van der Waals surface area (Å²) < 4.78 is 14.3. The fourth-order valence-corrected chi connectivity index (χ4v) is 2.97. The van der Waals surface area contributed by atoms with Gasteiger partial charge in [0.15, 0.2) is 0 Å². The highest BCUT2D eigenvalue weighted by Crippen LogP contribution is 2.37. The number of aryl methyl sites for hydroxylation is 3. The zero-order chi connectivity index (χ0) is 13.4. The molecule has 1 heterocycles. The summed E-state index contributed by atoms with van der Waals surface area (Å²) >= 11 is 0. The second kappa shape index (κ2) is 4.69. The molecule has 0 fully saturated rings. The van der Waals surface area contributed by atoms with E-state index in [2.05, 4.69) is 11.4 Å². The van der Waals surface area contributed by atoms with Crippen LogP contribution in [0.5, 0.6) is 0 Å². The maximum Gasteiger partial charge on any atom is 0.131 e. The third kappa shape index (κ3) is 2.12. The molecule has 3 rings (SSSR count). The van der Waals surface area contributed by atoms with E-state index in [-0.39, 0.29) is 5.82 Å². The van der Waals surface area contributed by atoms with Crippen molar-refractivity contribution in [3.63, 3.8) is 0 Å². The van der Waals surface area contributed by atoms with Crippen LogP contribution in [0.25, 0.3) is 11.1 Å². The molecule has 2 aromatic carbocycles. The standard InChI is InChI=1S/C17H18FN/c1-11-9-12(2)16(15(18)10-11)14-7-3-5-13-6-4-8-19-17(13)14/h3,5,7,9-10,19H,4,6,8H2,1-2H3. The molecule has 0 saturated carbocycles. The van der Waals surface area contributed by atoms with Crippen LogP contribution in [0.15, 0.2) is 30.3 Å². The van der Waals surface area contributed by atoms with Crippen LogP contribution < -0.4 is 5.32 Å². The van der Waals surface area contributed by atoms with Gasteiger partial charge in [0.25, 0.3) is 0 Å². The normalized spacial score (nSPS) is 13.8. The zero-order valence-corrected chi connectivity index (χ0v) is 11.4. The first-order valence-corrected chi connectivity index (χ1v) is 6.79. The number of halogens is 1. The summed E-state index contributed by atoms with van der Waals surface area (Å²) in [6.45, 7) is 4.88. The van der Waals surface area contributed by atoms with Gasteiger partial charge in [0.1, 0.15) is 5.82 Å². The molecule has 19 heavy (non-hydrogen) atoms. The van der Waals surface area contributed by atoms with E-state index in [9.17, 15) is 4.39 Å². The summed E-state index contributed by atoms with van der Waals surface area (Å²) in [5.41, 5.74) is 6.10. The number of anilines is 1. The van der Waals surface area contributed by atoms with E-state index in [1.165, 1.54) is 5.56 Å². The van der Waals surface area contributed by atoms with E-state index >= 15 is 0 Å². The van der Waals surface area contributed by atoms with Gasteiger partial charge in [0.05, 0.1) is 0 Å². The molecule has 98 valence electrons. The number of nitrogens with one attached hydrogen (secondary N) is 1. The average Bonchev–Trinajstić information content (AvgIpc) is 2.38. The molecule has 1 nitrogen and oxygen atoms in total. The Hall–Kier alpha value is -1.83. The lowest BCUT2D eigenvalue weighted by Gasteiger charge is -2.22. The second-order valence-corrected chi connectivity index (χ2v) is 5.31. The Bertz CT molecular complexity index is 608. The highest BCUT2D eigenvalue weighted by atomic mass is 19.1. The third-order valence-corrected chi connectivity index (χ3v) is 3.78. The molecular weight excluding hydrogens is 237 g/mol. The van der Waals surface area contributed by atoms with E-state index in [0.717, 1.165) is 47.3 Å². The molecule has 0 bridgehead atoms. The molecule has 0 spiro atoms. The Labute approximate surface area is 113 Å². The molecule has 1 N–H and O–H groups in total. The maximum absolute atomic E-state index is 14.3. The van der Waals surface area contributed by atoms with Crippen molar-refractivity contribution >= 4 is 5.69 Å². The third-order valence-electron chi connectivity index (χ3n) is 3.78. The molecule has 0 saturated heterocycles. The predicted octanol–water partition coefficient (Wildman–Crippen LogP) is 4.47. The van der Waals surface area contributed by atoms with Gasteiger partial charge < -0.3 is 5.32 Å². The monoisotopic (exact) mass is 255 g/mol. The number of fused-ring (bicyclic) bond motifs is 1. The smallest absolute Gasteiger partial charge is 0.131 e. The van der Waals surface area contributed by atoms with Crippen LogP contribution >= 0.6 is 0 Å². The van der Waals surface area contributed by atoms with Gasteiger partial charge in [-0.25, -0.2) is 4.39 Å². The number of benzene rings is 2. The van der Waals surface area contributed by atoms with Crippen LogP contribution in [0.2, 0.25) is 0 Å². The van der Waals surface area contributed by atoms with E-state index < -0.39 is 0 Å². The van der Waals surface area contributed by atoms with E-state index in [1.54, 1.807) is 6.07 Å². The average molecular weight is 255 g/mol. The summed E-state index contributed by atoms with van der Waals surface area (Å²) in [7, 11) is 0. The van der Waals surface area contributed by atoms with E-state index in [1.807, 2.05) is 32.0 Å². The highest BCUT2D eigenvalue weighted by Gasteiger charge is 2.17. The minimum atomic E-state index is -0.127. The largest absolute Gasteiger partial charge is 0.384 e. The first kappa shape index (κ1) is 12.2. The molecule has 0 atom stereocenters. The fourth-order valence-electron chi connectivity index (χ4n) is 2.97. The first-order chi connectivity index (χ1) is 9.16. The van der Waals surface area contributed by atoms with Gasteiger partial charge in [-0.2, -0.15) is 0 Å². The van der Waals surface area contributed by atoms with Crippen molar-refractivity contribution in [1.29, 1.82) is 0 Å². The predicted molar refractivity (Wildman–Crippen MR) is 78.1 cm³/mol. The van der Waals surface area contributed by atoms with Crippen molar-refractivity contribution in [3.05, 3.63) is 52.8 Å². The summed E-state index contributed by atoms with van der Waals surface area (Å²) in [5, 5.41) is 3.43. The lowest BCUT2D eigenvalue weighted by atomic mass is 9.92. The summed E-state index contributed by atoms with van der Waals surface area (Å²) in [6.07, 6.45) is 2.22. The van der Waals surface area contributed by atoms with E-state index in [0.29, 0.717) is 0 Å². The summed E-state index contributed by atoms with van der Waals surface area (Å²) in [6, 6.07) is 9.83. The summed E-state index contributed by atoms with van der Waals surface area (Å²) in [5.74, 6) is -0.127. The molecule has 0 amide bonds. The molecule has 0 radical (unpaired) electrons. The lowest BCUT2D eigenvalue weighted by Crippen LogP contribution is -2.13. The van der Waals surface area contributed by atoms with Crippen LogP contribution in [-0.2, 0) is 6.42 Å².